The van der Waals surface area contributed by atoms with Crippen molar-refractivity contribution in [2.45, 2.75) is 6.92 Å². The Morgan fingerprint density at radius 1 is 1.10 bits per heavy atom. The normalized spacial score (nSPS) is 11.0. The summed E-state index contributed by atoms with van der Waals surface area (Å²) in [5.74, 6) is -1.26. The van der Waals surface area contributed by atoms with Crippen molar-refractivity contribution in [3.05, 3.63) is 46.1 Å². The van der Waals surface area contributed by atoms with Gasteiger partial charge in [0, 0.05) is 23.1 Å². The summed E-state index contributed by atoms with van der Waals surface area (Å²) < 4.78 is 31.7. The fourth-order valence-corrected chi connectivity index (χ4v) is 2.85. The zero-order valence-corrected chi connectivity index (χ0v) is 11.7. The number of nitrogens with zero attached hydrogens (tertiary/aromatic N) is 2. The molecule has 0 radical (unpaired) electrons. The molecule has 0 fully saturated rings. The Bertz CT molecular complexity index is 786. The lowest BCUT2D eigenvalue weighted by atomic mass is 10.3. The quantitative estimate of drug-likeness (QED) is 0.642. The maximum absolute atomic E-state index is 13.2. The van der Waals surface area contributed by atoms with E-state index in [-0.39, 0.29) is 16.9 Å². The van der Waals surface area contributed by atoms with Gasteiger partial charge in [0.1, 0.15) is 22.2 Å². The minimum absolute atomic E-state index is 0.0161. The van der Waals surface area contributed by atoms with E-state index in [4.69, 9.17) is 16.3 Å². The molecule has 3 rings (SSSR count). The smallest absolute Gasteiger partial charge is 0.232 e. The zero-order chi connectivity index (χ0) is 14.3. The van der Waals surface area contributed by atoms with Gasteiger partial charge in [0.15, 0.2) is 0 Å². The number of fused-ring (bicyclic) bond motifs is 1. The third-order valence-electron chi connectivity index (χ3n) is 2.50. The number of aryl methyl sites for hydroxylation is 1. The number of benzene rings is 1. The van der Waals surface area contributed by atoms with Crippen LogP contribution in [0.3, 0.4) is 0 Å². The molecule has 102 valence electrons. The van der Waals surface area contributed by atoms with Gasteiger partial charge < -0.3 is 4.74 Å². The molecule has 0 saturated carbocycles. The van der Waals surface area contributed by atoms with Crippen LogP contribution in [0.2, 0.25) is 5.28 Å². The van der Waals surface area contributed by atoms with Crippen LogP contribution in [0.4, 0.5) is 8.78 Å². The molecule has 0 aliphatic heterocycles. The molecule has 2 heterocycles. The van der Waals surface area contributed by atoms with Crippen LogP contribution in [-0.2, 0) is 0 Å². The number of halogens is 3. The molecule has 0 saturated heterocycles. The Morgan fingerprint density at radius 3 is 2.50 bits per heavy atom. The lowest BCUT2D eigenvalue weighted by Gasteiger charge is -2.06. The van der Waals surface area contributed by atoms with Gasteiger partial charge in [0.25, 0.3) is 0 Å². The van der Waals surface area contributed by atoms with Crippen molar-refractivity contribution in [1.82, 2.24) is 9.97 Å². The summed E-state index contributed by atoms with van der Waals surface area (Å²) in [4.78, 5) is 9.71. The molecule has 3 aromatic rings. The fraction of sp³-hybridized carbons (Fsp3) is 0.0769. The highest BCUT2D eigenvalue weighted by Crippen LogP contribution is 2.33. The second-order valence-electron chi connectivity index (χ2n) is 4.08. The predicted molar refractivity (Wildman–Crippen MR) is 73.6 cm³/mol. The summed E-state index contributed by atoms with van der Waals surface area (Å²) in [5.41, 5.74) is 0. The summed E-state index contributed by atoms with van der Waals surface area (Å²) in [5, 5.41) is 0.674. The average molecular weight is 313 g/mol. The highest BCUT2D eigenvalue weighted by Gasteiger charge is 2.12. The molecule has 0 bridgehead atoms. The van der Waals surface area contributed by atoms with Crippen molar-refractivity contribution >= 4 is 33.2 Å². The fourth-order valence-electron chi connectivity index (χ4n) is 1.77. The maximum Gasteiger partial charge on any atom is 0.232 e. The SMILES string of the molecule is Cc1cc2c(Oc3cc(F)cc(F)c3)nc(Cl)nc2s1. The van der Waals surface area contributed by atoms with Crippen LogP contribution in [-0.4, -0.2) is 9.97 Å². The first kappa shape index (κ1) is 13.2. The van der Waals surface area contributed by atoms with Gasteiger partial charge in [-0.25, -0.2) is 13.8 Å². The second kappa shape index (κ2) is 4.96. The zero-order valence-electron chi connectivity index (χ0n) is 10.2. The molecule has 0 atom stereocenters. The summed E-state index contributed by atoms with van der Waals surface area (Å²) in [7, 11) is 0. The molecule has 3 nitrogen and oxygen atoms in total. The number of rotatable bonds is 2. The molecule has 20 heavy (non-hydrogen) atoms. The van der Waals surface area contributed by atoms with Crippen LogP contribution in [0.15, 0.2) is 24.3 Å². The van der Waals surface area contributed by atoms with Gasteiger partial charge in [-0.05, 0) is 24.6 Å². The lowest BCUT2D eigenvalue weighted by molar-refractivity contribution is 0.456. The Hall–Kier alpha value is -1.79. The van der Waals surface area contributed by atoms with Crippen molar-refractivity contribution < 1.29 is 13.5 Å². The molecule has 0 N–H and O–H groups in total. The van der Waals surface area contributed by atoms with Crippen LogP contribution in [0.25, 0.3) is 10.2 Å². The third kappa shape index (κ3) is 2.57. The average Bonchev–Trinajstić information content (AvgIpc) is 2.68. The Labute approximate surface area is 121 Å². The van der Waals surface area contributed by atoms with E-state index in [2.05, 4.69) is 9.97 Å². The van der Waals surface area contributed by atoms with Gasteiger partial charge in [-0.1, -0.05) is 0 Å². The van der Waals surface area contributed by atoms with E-state index >= 15 is 0 Å². The largest absolute Gasteiger partial charge is 0.438 e. The monoisotopic (exact) mass is 312 g/mol. The minimum Gasteiger partial charge on any atom is -0.438 e. The van der Waals surface area contributed by atoms with E-state index in [9.17, 15) is 8.78 Å². The molecule has 0 amide bonds. The molecule has 1 aromatic carbocycles. The van der Waals surface area contributed by atoms with Crippen LogP contribution < -0.4 is 4.74 Å². The number of aromatic nitrogens is 2. The molecular weight excluding hydrogens is 306 g/mol. The maximum atomic E-state index is 13.2. The highest BCUT2D eigenvalue weighted by atomic mass is 35.5. The predicted octanol–water partition coefficient (Wildman–Crippen LogP) is 4.72. The van der Waals surface area contributed by atoms with Crippen molar-refractivity contribution in [2.75, 3.05) is 0 Å². The Morgan fingerprint density at radius 2 is 1.80 bits per heavy atom. The third-order valence-corrected chi connectivity index (χ3v) is 3.62. The second-order valence-corrected chi connectivity index (χ2v) is 5.65. The van der Waals surface area contributed by atoms with Gasteiger partial charge in [0.2, 0.25) is 11.2 Å². The topological polar surface area (TPSA) is 35.0 Å². The molecule has 7 heteroatoms. The molecule has 0 aliphatic carbocycles. The van der Waals surface area contributed by atoms with E-state index in [1.165, 1.54) is 11.3 Å². The molecule has 0 aliphatic rings. The van der Waals surface area contributed by atoms with Crippen molar-refractivity contribution in [2.24, 2.45) is 0 Å². The molecular formula is C13H7ClF2N2OS. The van der Waals surface area contributed by atoms with Gasteiger partial charge in [0.05, 0.1) is 5.39 Å². The minimum atomic E-state index is -0.724. The first-order valence-electron chi connectivity index (χ1n) is 5.59. The van der Waals surface area contributed by atoms with Gasteiger partial charge in [-0.2, -0.15) is 4.98 Å². The number of hydrogen-bond acceptors (Lipinski definition) is 4. The van der Waals surface area contributed by atoms with E-state index in [1.54, 1.807) is 0 Å². The van der Waals surface area contributed by atoms with Crippen LogP contribution in [0.1, 0.15) is 4.88 Å². The Kier molecular flexibility index (Phi) is 3.27. The van der Waals surface area contributed by atoms with Gasteiger partial charge >= 0.3 is 0 Å². The van der Waals surface area contributed by atoms with E-state index < -0.39 is 11.6 Å². The van der Waals surface area contributed by atoms with Gasteiger partial charge in [-0.3, -0.25) is 0 Å². The number of thiophene rings is 1. The summed E-state index contributed by atoms with van der Waals surface area (Å²) >= 11 is 7.25. The molecule has 0 spiro atoms. The lowest BCUT2D eigenvalue weighted by Crippen LogP contribution is -1.92. The first-order chi connectivity index (χ1) is 9.51. The van der Waals surface area contributed by atoms with Crippen LogP contribution in [0, 0.1) is 18.6 Å². The summed E-state index contributed by atoms with van der Waals surface area (Å²) in [6, 6.07) is 4.75. The van der Waals surface area contributed by atoms with E-state index in [1.807, 2.05) is 13.0 Å². The standard InChI is InChI=1S/C13H7ClF2N2OS/c1-6-2-10-11(17-13(14)18-12(10)20-6)19-9-4-7(15)3-8(16)5-9/h2-5H,1H3. The van der Waals surface area contributed by atoms with Crippen molar-refractivity contribution in [1.29, 1.82) is 0 Å². The van der Waals surface area contributed by atoms with Crippen molar-refractivity contribution in [3.8, 4) is 11.6 Å². The van der Waals surface area contributed by atoms with Crippen LogP contribution >= 0.6 is 22.9 Å². The molecule has 0 unspecified atom stereocenters. The Balaban J connectivity index is 2.09. The molecule has 2 aromatic heterocycles. The summed E-state index contributed by atoms with van der Waals surface area (Å²) in [6.45, 7) is 1.91. The van der Waals surface area contributed by atoms with Gasteiger partial charge in [-0.15, -0.1) is 11.3 Å². The van der Waals surface area contributed by atoms with Crippen LogP contribution in [0.5, 0.6) is 11.6 Å². The highest BCUT2D eigenvalue weighted by molar-refractivity contribution is 7.18. The van der Waals surface area contributed by atoms with E-state index in [0.717, 1.165) is 23.1 Å². The summed E-state index contributed by atoms with van der Waals surface area (Å²) in [6.07, 6.45) is 0. The number of hydrogen-bond donors (Lipinski definition) is 0. The first-order valence-corrected chi connectivity index (χ1v) is 6.78. The van der Waals surface area contributed by atoms with E-state index in [0.29, 0.717) is 10.2 Å². The number of ether oxygens (including phenoxy) is 1. The van der Waals surface area contributed by atoms with Crippen molar-refractivity contribution in [3.63, 3.8) is 0 Å².